The fraction of sp³-hybridized carbons (Fsp3) is 0.286. The second-order valence-electron chi connectivity index (χ2n) is 8.68. The maximum atomic E-state index is 13.9. The van der Waals surface area contributed by atoms with Crippen LogP contribution < -0.4 is 14.4 Å². The average Bonchev–Trinajstić information content (AvgIpc) is 2.90. The Morgan fingerprint density at radius 1 is 1.00 bits per heavy atom. The Bertz CT molecular complexity index is 1350. The summed E-state index contributed by atoms with van der Waals surface area (Å²) in [4.78, 5) is 28.7. The summed E-state index contributed by atoms with van der Waals surface area (Å²) in [5, 5.41) is 3.26. The van der Waals surface area contributed by atoms with Crippen molar-refractivity contribution in [1.82, 2.24) is 10.2 Å². The number of anilines is 1. The zero-order chi connectivity index (χ0) is 27.7. The molecule has 0 spiro atoms. The summed E-state index contributed by atoms with van der Waals surface area (Å²) in [6.45, 7) is 1.67. The predicted molar refractivity (Wildman–Crippen MR) is 150 cm³/mol. The number of rotatable bonds is 12. The topological polar surface area (TPSA) is 96.0 Å². The third-order valence-corrected chi connectivity index (χ3v) is 7.45. The van der Waals surface area contributed by atoms with Crippen molar-refractivity contribution in [2.24, 2.45) is 0 Å². The zero-order valence-corrected chi connectivity index (χ0v) is 23.2. The molecule has 0 aliphatic heterocycles. The van der Waals surface area contributed by atoms with E-state index in [0.717, 1.165) is 16.1 Å². The summed E-state index contributed by atoms with van der Waals surface area (Å²) in [6, 6.07) is 21.9. The number of carbonyl (C=O) groups is 2. The number of likely N-dealkylation sites (N-methyl/N-ethyl adjacent to an activating group) is 1. The molecule has 0 aliphatic rings. The minimum absolute atomic E-state index is 0.0167. The Balaban J connectivity index is 2.05. The van der Waals surface area contributed by atoms with E-state index in [1.165, 1.54) is 18.1 Å². The highest BCUT2D eigenvalue weighted by atomic mass is 35.5. The van der Waals surface area contributed by atoms with E-state index in [1.807, 2.05) is 30.3 Å². The first-order chi connectivity index (χ1) is 18.1. The van der Waals surface area contributed by atoms with Crippen molar-refractivity contribution in [1.29, 1.82) is 0 Å². The van der Waals surface area contributed by atoms with Gasteiger partial charge in [-0.1, -0.05) is 66.2 Å². The summed E-state index contributed by atoms with van der Waals surface area (Å²) in [5.41, 5.74) is 1.76. The minimum Gasteiger partial charge on any atom is -0.497 e. The van der Waals surface area contributed by atoms with E-state index in [2.05, 4.69) is 5.32 Å². The van der Waals surface area contributed by atoms with E-state index >= 15 is 0 Å². The molecule has 0 aromatic heterocycles. The van der Waals surface area contributed by atoms with Crippen molar-refractivity contribution < 1.29 is 22.7 Å². The molecular weight excluding hydrogens is 526 g/mol. The number of hydrogen-bond acceptors (Lipinski definition) is 5. The zero-order valence-electron chi connectivity index (χ0n) is 21.6. The number of benzene rings is 3. The molecule has 1 N–H and O–H groups in total. The molecule has 3 aromatic rings. The Hall–Kier alpha value is -3.56. The number of amides is 2. The lowest BCUT2D eigenvalue weighted by Gasteiger charge is -2.33. The molecule has 10 heteroatoms. The third-order valence-electron chi connectivity index (χ3n) is 5.94. The second kappa shape index (κ2) is 13.3. The van der Waals surface area contributed by atoms with E-state index in [9.17, 15) is 18.0 Å². The van der Waals surface area contributed by atoms with Gasteiger partial charge >= 0.3 is 0 Å². The molecule has 202 valence electrons. The Labute approximate surface area is 229 Å². The van der Waals surface area contributed by atoms with Crippen molar-refractivity contribution >= 4 is 39.1 Å². The number of sulfonamides is 1. The molecular formula is C28H32ClN3O5S. The molecule has 0 radical (unpaired) electrons. The van der Waals surface area contributed by atoms with Gasteiger partial charge in [-0.25, -0.2) is 8.42 Å². The normalized spacial score (nSPS) is 11.9. The average molecular weight is 558 g/mol. The van der Waals surface area contributed by atoms with Crippen molar-refractivity contribution in [3.05, 3.63) is 95.0 Å². The first-order valence-corrected chi connectivity index (χ1v) is 14.3. The molecule has 0 saturated carbocycles. The SMILES string of the molecule is CCNC(=O)[C@H](Cc1ccccc1)N(Cc1ccccc1Cl)C(=O)CN(c1cccc(OC)c1)S(C)(=O)=O. The van der Waals surface area contributed by atoms with Gasteiger partial charge in [-0.2, -0.15) is 0 Å². The van der Waals surface area contributed by atoms with Gasteiger partial charge in [0.05, 0.1) is 19.1 Å². The number of nitrogens with one attached hydrogen (secondary N) is 1. The smallest absolute Gasteiger partial charge is 0.244 e. The van der Waals surface area contributed by atoms with E-state index in [1.54, 1.807) is 49.4 Å². The largest absolute Gasteiger partial charge is 0.497 e. The number of methoxy groups -OCH3 is 1. The van der Waals surface area contributed by atoms with Crippen LogP contribution in [0.2, 0.25) is 5.02 Å². The second-order valence-corrected chi connectivity index (χ2v) is 11.0. The van der Waals surface area contributed by atoms with Crippen LogP contribution in [0.25, 0.3) is 0 Å². The number of hydrogen-bond donors (Lipinski definition) is 1. The lowest BCUT2D eigenvalue weighted by molar-refractivity contribution is -0.140. The fourth-order valence-corrected chi connectivity index (χ4v) is 5.07. The summed E-state index contributed by atoms with van der Waals surface area (Å²) in [6.07, 6.45) is 1.27. The highest BCUT2D eigenvalue weighted by Crippen LogP contribution is 2.25. The van der Waals surface area contributed by atoms with Crippen LogP contribution >= 0.6 is 11.6 Å². The highest BCUT2D eigenvalue weighted by molar-refractivity contribution is 7.92. The van der Waals surface area contributed by atoms with Gasteiger partial charge in [0.1, 0.15) is 18.3 Å². The van der Waals surface area contributed by atoms with Gasteiger partial charge in [-0.15, -0.1) is 0 Å². The molecule has 3 aromatic carbocycles. The third kappa shape index (κ3) is 7.72. The first-order valence-electron chi connectivity index (χ1n) is 12.1. The lowest BCUT2D eigenvalue weighted by Crippen LogP contribution is -2.53. The molecule has 0 fully saturated rings. The fourth-order valence-electron chi connectivity index (χ4n) is 4.04. The molecule has 3 rings (SSSR count). The van der Waals surface area contributed by atoms with Crippen molar-refractivity contribution in [2.45, 2.75) is 25.9 Å². The van der Waals surface area contributed by atoms with E-state index in [-0.39, 0.29) is 24.6 Å². The molecule has 0 unspecified atom stereocenters. The minimum atomic E-state index is -3.86. The number of halogens is 1. The van der Waals surface area contributed by atoms with Crippen LogP contribution in [-0.4, -0.2) is 57.6 Å². The first kappa shape index (κ1) is 29.0. The predicted octanol–water partition coefficient (Wildman–Crippen LogP) is 3.89. The maximum Gasteiger partial charge on any atom is 0.244 e. The van der Waals surface area contributed by atoms with Gasteiger partial charge in [0.15, 0.2) is 0 Å². The summed E-state index contributed by atoms with van der Waals surface area (Å²) in [5.74, 6) is -0.449. The molecule has 1 atom stereocenters. The maximum absolute atomic E-state index is 13.9. The molecule has 0 saturated heterocycles. The van der Waals surface area contributed by atoms with Crippen molar-refractivity contribution in [3.63, 3.8) is 0 Å². The Morgan fingerprint density at radius 3 is 2.32 bits per heavy atom. The molecule has 0 bridgehead atoms. The van der Waals surface area contributed by atoms with Crippen LogP contribution in [0.1, 0.15) is 18.1 Å². The quantitative estimate of drug-likeness (QED) is 0.364. The lowest BCUT2D eigenvalue weighted by atomic mass is 10.0. The van der Waals surface area contributed by atoms with Gasteiger partial charge in [-0.05, 0) is 36.2 Å². The van der Waals surface area contributed by atoms with Crippen LogP contribution in [0.5, 0.6) is 5.75 Å². The monoisotopic (exact) mass is 557 g/mol. The molecule has 0 heterocycles. The van der Waals surface area contributed by atoms with Crippen LogP contribution in [0.3, 0.4) is 0 Å². The Kier molecular flexibility index (Phi) is 10.2. The van der Waals surface area contributed by atoms with Gasteiger partial charge in [-0.3, -0.25) is 13.9 Å². The van der Waals surface area contributed by atoms with Gasteiger partial charge in [0, 0.05) is 30.6 Å². The molecule has 0 aliphatic carbocycles. The molecule has 2 amide bonds. The number of carbonyl (C=O) groups excluding carboxylic acids is 2. The van der Waals surface area contributed by atoms with E-state index in [0.29, 0.717) is 22.9 Å². The number of ether oxygens (including phenoxy) is 1. The van der Waals surface area contributed by atoms with Crippen molar-refractivity contribution in [2.75, 3.05) is 30.8 Å². The molecule has 8 nitrogen and oxygen atoms in total. The van der Waals surface area contributed by atoms with Gasteiger partial charge in [0.25, 0.3) is 0 Å². The van der Waals surface area contributed by atoms with E-state index < -0.39 is 28.5 Å². The van der Waals surface area contributed by atoms with Crippen LogP contribution in [0.4, 0.5) is 5.69 Å². The van der Waals surface area contributed by atoms with Crippen LogP contribution in [0.15, 0.2) is 78.9 Å². The highest BCUT2D eigenvalue weighted by Gasteiger charge is 2.33. The van der Waals surface area contributed by atoms with Crippen LogP contribution in [0, 0.1) is 0 Å². The summed E-state index contributed by atoms with van der Waals surface area (Å²) < 4.78 is 31.9. The standard InChI is InChI=1S/C28H32ClN3O5S/c1-4-30-28(34)26(17-21-11-6-5-7-12-21)31(19-22-13-8-9-16-25(22)29)27(33)20-32(38(3,35)36)23-14-10-15-24(18-23)37-2/h5-16,18,26H,4,17,19-20H2,1-3H3,(H,30,34)/t26-/m0/s1. The summed E-state index contributed by atoms with van der Waals surface area (Å²) >= 11 is 6.43. The van der Waals surface area contributed by atoms with Gasteiger partial charge in [0.2, 0.25) is 21.8 Å². The Morgan fingerprint density at radius 2 is 1.68 bits per heavy atom. The number of nitrogens with zero attached hydrogens (tertiary/aromatic N) is 2. The molecule has 38 heavy (non-hydrogen) atoms. The van der Waals surface area contributed by atoms with E-state index in [4.69, 9.17) is 16.3 Å². The van der Waals surface area contributed by atoms with Gasteiger partial charge < -0.3 is 15.0 Å². The van der Waals surface area contributed by atoms with Crippen LogP contribution in [-0.2, 0) is 32.6 Å². The summed E-state index contributed by atoms with van der Waals surface area (Å²) in [7, 11) is -2.39. The van der Waals surface area contributed by atoms with Crippen molar-refractivity contribution in [3.8, 4) is 5.75 Å².